The summed E-state index contributed by atoms with van der Waals surface area (Å²) >= 11 is 5.74. The van der Waals surface area contributed by atoms with Crippen LogP contribution in [0.25, 0.3) is 5.69 Å². The maximum absolute atomic E-state index is 5.74. The molecule has 4 nitrogen and oxygen atoms in total. The van der Waals surface area contributed by atoms with Crippen molar-refractivity contribution in [2.24, 2.45) is 0 Å². The molecule has 1 aliphatic heterocycles. The predicted octanol–water partition coefficient (Wildman–Crippen LogP) is 5.18. The number of hydrogen-bond acceptors (Lipinski definition) is 2. The lowest BCUT2D eigenvalue weighted by Gasteiger charge is -2.31. The van der Waals surface area contributed by atoms with Crippen LogP contribution < -0.4 is 5.32 Å². The molecule has 0 radical (unpaired) electrons. The summed E-state index contributed by atoms with van der Waals surface area (Å²) < 4.78 is 2.34. The number of thiocarbonyl (C=S) groups is 1. The maximum atomic E-state index is 5.74. The molecule has 2 atom stereocenters. The number of rotatable bonds is 4. The molecular formula is C24H28N4S. The van der Waals surface area contributed by atoms with Gasteiger partial charge in [-0.05, 0) is 82.7 Å². The molecule has 0 saturated carbocycles. The minimum Gasteiger partial charge on any atom is -0.352 e. The van der Waals surface area contributed by atoms with Gasteiger partial charge in [-0.25, -0.2) is 0 Å². The van der Waals surface area contributed by atoms with Gasteiger partial charge in [-0.15, -0.1) is 0 Å². The highest BCUT2D eigenvalue weighted by molar-refractivity contribution is 7.80. The van der Waals surface area contributed by atoms with E-state index in [2.05, 4.69) is 90.8 Å². The molecule has 4 rings (SSSR count). The van der Waals surface area contributed by atoms with Crippen molar-refractivity contribution >= 4 is 17.3 Å². The van der Waals surface area contributed by atoms with Crippen molar-refractivity contribution in [2.75, 3.05) is 0 Å². The first-order valence-electron chi connectivity index (χ1n) is 10.1. The van der Waals surface area contributed by atoms with E-state index in [1.54, 1.807) is 0 Å². The molecule has 0 unspecified atom stereocenters. The van der Waals surface area contributed by atoms with Gasteiger partial charge in [0.1, 0.15) is 0 Å². The van der Waals surface area contributed by atoms with Crippen LogP contribution in [0.2, 0.25) is 0 Å². The molecule has 0 amide bonds. The van der Waals surface area contributed by atoms with E-state index in [-0.39, 0.29) is 18.1 Å². The fraction of sp³-hybridized carbons (Fsp3) is 0.333. The van der Waals surface area contributed by atoms with Crippen molar-refractivity contribution in [3.05, 3.63) is 82.9 Å². The van der Waals surface area contributed by atoms with E-state index in [4.69, 9.17) is 12.2 Å². The van der Waals surface area contributed by atoms with Gasteiger partial charge in [0.05, 0.1) is 17.8 Å². The monoisotopic (exact) mass is 404 g/mol. The van der Waals surface area contributed by atoms with Crippen LogP contribution in [-0.2, 0) is 0 Å². The first-order chi connectivity index (χ1) is 13.9. The van der Waals surface area contributed by atoms with E-state index in [0.29, 0.717) is 0 Å². The minimum atomic E-state index is 0.0260. The molecule has 5 heteroatoms. The molecule has 2 aromatic heterocycles. The van der Waals surface area contributed by atoms with Crippen molar-refractivity contribution in [1.82, 2.24) is 19.8 Å². The van der Waals surface area contributed by atoms with Crippen LogP contribution in [0.3, 0.4) is 0 Å². The normalized spacial score (nSPS) is 19.1. The van der Waals surface area contributed by atoms with Gasteiger partial charge in [0.15, 0.2) is 5.11 Å². The summed E-state index contributed by atoms with van der Waals surface area (Å²) in [6.07, 6.45) is 1.85. The quantitative estimate of drug-likeness (QED) is 0.608. The van der Waals surface area contributed by atoms with E-state index in [0.717, 1.165) is 10.8 Å². The van der Waals surface area contributed by atoms with Gasteiger partial charge in [-0.3, -0.25) is 4.98 Å². The zero-order chi connectivity index (χ0) is 20.7. The topological polar surface area (TPSA) is 33.1 Å². The number of nitrogens with zero attached hydrogens (tertiary/aromatic N) is 3. The standard InChI is InChI=1S/C24H28N4S/c1-15(2)27-23(22(26-24(27)29)21-8-6-7-13-25-21)20-14-17(4)28(18(20)5)19-11-9-16(3)10-12-19/h6-15,22-23H,1-5H3,(H,26,29)/t22-,23-/m1/s1. The SMILES string of the molecule is Cc1ccc(-n2c(C)cc([C@@H]3[C@@H](c4ccccn4)NC(=S)N3C(C)C)c2C)cc1. The van der Waals surface area contributed by atoms with Gasteiger partial charge in [0.2, 0.25) is 0 Å². The second-order valence-corrected chi connectivity index (χ2v) is 8.51. The number of hydrogen-bond donors (Lipinski definition) is 1. The average Bonchev–Trinajstić information content (AvgIpc) is 3.19. The van der Waals surface area contributed by atoms with Crippen molar-refractivity contribution in [3.8, 4) is 5.69 Å². The number of pyridine rings is 1. The van der Waals surface area contributed by atoms with E-state index >= 15 is 0 Å². The summed E-state index contributed by atoms with van der Waals surface area (Å²) in [4.78, 5) is 6.95. The number of benzene rings is 1. The molecule has 1 aliphatic rings. The van der Waals surface area contributed by atoms with Crippen molar-refractivity contribution < 1.29 is 0 Å². The Morgan fingerprint density at radius 2 is 1.76 bits per heavy atom. The summed E-state index contributed by atoms with van der Waals surface area (Å²) in [7, 11) is 0. The summed E-state index contributed by atoms with van der Waals surface area (Å²) in [6.45, 7) is 10.9. The lowest BCUT2D eigenvalue weighted by atomic mass is 9.96. The molecule has 0 bridgehead atoms. The molecular weight excluding hydrogens is 376 g/mol. The highest BCUT2D eigenvalue weighted by Crippen LogP contribution is 2.42. The fourth-order valence-electron chi connectivity index (χ4n) is 4.43. The van der Waals surface area contributed by atoms with Gasteiger partial charge in [-0.2, -0.15) is 0 Å². The Morgan fingerprint density at radius 1 is 1.03 bits per heavy atom. The molecule has 1 fully saturated rings. The second-order valence-electron chi connectivity index (χ2n) is 8.13. The van der Waals surface area contributed by atoms with Crippen LogP contribution in [-0.4, -0.2) is 25.6 Å². The average molecular weight is 405 g/mol. The lowest BCUT2D eigenvalue weighted by Crippen LogP contribution is -2.35. The van der Waals surface area contributed by atoms with Crippen LogP contribution >= 0.6 is 12.2 Å². The van der Waals surface area contributed by atoms with Crippen LogP contribution in [0.4, 0.5) is 0 Å². The summed E-state index contributed by atoms with van der Waals surface area (Å²) in [6, 6.07) is 17.5. The zero-order valence-corrected chi connectivity index (χ0v) is 18.5. The second kappa shape index (κ2) is 7.64. The Balaban J connectivity index is 1.85. The van der Waals surface area contributed by atoms with Crippen molar-refractivity contribution in [3.63, 3.8) is 0 Å². The highest BCUT2D eigenvalue weighted by atomic mass is 32.1. The Kier molecular flexibility index (Phi) is 5.17. The van der Waals surface area contributed by atoms with E-state index in [1.165, 1.54) is 28.2 Å². The minimum absolute atomic E-state index is 0.0260. The van der Waals surface area contributed by atoms with Gasteiger partial charge in [0, 0.05) is 29.3 Å². The molecule has 29 heavy (non-hydrogen) atoms. The Labute approximate surface area is 178 Å². The fourth-order valence-corrected chi connectivity index (χ4v) is 4.88. The molecule has 0 spiro atoms. The van der Waals surface area contributed by atoms with Gasteiger partial charge in [-0.1, -0.05) is 23.8 Å². The summed E-state index contributed by atoms with van der Waals surface area (Å²) in [5.41, 5.74) is 7.24. The zero-order valence-electron chi connectivity index (χ0n) is 17.7. The molecule has 1 saturated heterocycles. The Morgan fingerprint density at radius 3 is 2.38 bits per heavy atom. The van der Waals surface area contributed by atoms with Gasteiger partial charge >= 0.3 is 0 Å². The molecule has 150 valence electrons. The maximum Gasteiger partial charge on any atom is 0.170 e. The van der Waals surface area contributed by atoms with Gasteiger partial charge in [0.25, 0.3) is 0 Å². The first-order valence-corrected chi connectivity index (χ1v) is 10.5. The number of aromatic nitrogens is 2. The Bertz CT molecular complexity index is 1020. The third kappa shape index (κ3) is 3.44. The van der Waals surface area contributed by atoms with Crippen LogP contribution in [0.15, 0.2) is 54.7 Å². The molecule has 1 N–H and O–H groups in total. The van der Waals surface area contributed by atoms with Crippen molar-refractivity contribution in [1.29, 1.82) is 0 Å². The van der Waals surface area contributed by atoms with Crippen molar-refractivity contribution in [2.45, 2.75) is 52.7 Å². The van der Waals surface area contributed by atoms with E-state index in [9.17, 15) is 0 Å². The van der Waals surface area contributed by atoms with Gasteiger partial charge < -0.3 is 14.8 Å². The lowest BCUT2D eigenvalue weighted by molar-refractivity contribution is 0.269. The Hall–Kier alpha value is -2.66. The van der Waals surface area contributed by atoms with Crippen LogP contribution in [0.5, 0.6) is 0 Å². The first kappa shape index (κ1) is 19.6. The number of nitrogens with one attached hydrogen (secondary N) is 1. The smallest absolute Gasteiger partial charge is 0.170 e. The summed E-state index contributed by atoms with van der Waals surface area (Å²) in [5.74, 6) is 0. The number of aryl methyl sites for hydroxylation is 2. The molecule has 0 aliphatic carbocycles. The molecule has 1 aromatic carbocycles. The largest absolute Gasteiger partial charge is 0.352 e. The van der Waals surface area contributed by atoms with E-state index < -0.39 is 0 Å². The third-order valence-corrected chi connectivity index (χ3v) is 6.10. The summed E-state index contributed by atoms with van der Waals surface area (Å²) in [5, 5.41) is 4.33. The highest BCUT2D eigenvalue weighted by Gasteiger charge is 2.42. The molecule has 3 aromatic rings. The van der Waals surface area contributed by atoms with Crippen LogP contribution in [0.1, 0.15) is 54.1 Å². The van der Waals surface area contributed by atoms with Crippen LogP contribution in [0, 0.1) is 20.8 Å². The predicted molar refractivity (Wildman–Crippen MR) is 122 cm³/mol. The third-order valence-electron chi connectivity index (χ3n) is 5.77. The molecule has 3 heterocycles. The van der Waals surface area contributed by atoms with E-state index in [1.807, 2.05) is 18.3 Å².